The van der Waals surface area contributed by atoms with Gasteiger partial charge in [-0.3, -0.25) is 0 Å². The third-order valence-corrected chi connectivity index (χ3v) is 3.01. The van der Waals surface area contributed by atoms with Crippen molar-refractivity contribution in [3.05, 3.63) is 10.6 Å². The topological polar surface area (TPSA) is 66.5 Å². The molecule has 4 heteroatoms. The van der Waals surface area contributed by atoms with Gasteiger partial charge in [0.25, 0.3) is 0 Å². The van der Waals surface area contributed by atoms with Crippen molar-refractivity contribution in [1.82, 2.24) is 4.98 Å². The van der Waals surface area contributed by atoms with Crippen molar-refractivity contribution in [2.45, 2.75) is 25.3 Å². The standard InChI is InChI=1S/C7H11N3S/c8-4-1-2-5-6(3-4)11-7(9)10-5/h4H,1-3,8H2,(H2,9,10)/p+1/t4-/m1/s1. The van der Waals surface area contributed by atoms with Gasteiger partial charge in [0, 0.05) is 17.7 Å². The minimum atomic E-state index is 0.572. The lowest BCUT2D eigenvalue weighted by atomic mass is 9.99. The van der Waals surface area contributed by atoms with Crippen LogP contribution in [0.15, 0.2) is 0 Å². The predicted octanol–water partition coefficient (Wildman–Crippen LogP) is -0.176. The zero-order chi connectivity index (χ0) is 7.84. The molecule has 1 aromatic heterocycles. The van der Waals surface area contributed by atoms with Gasteiger partial charge in [0.15, 0.2) is 5.13 Å². The number of hydrogen-bond acceptors (Lipinski definition) is 3. The third kappa shape index (κ3) is 1.23. The number of nitrogens with two attached hydrogens (primary N) is 1. The van der Waals surface area contributed by atoms with Gasteiger partial charge in [-0.2, -0.15) is 0 Å². The Balaban J connectivity index is 2.34. The molecule has 1 aliphatic rings. The first kappa shape index (κ1) is 7.06. The molecular weight excluding hydrogens is 158 g/mol. The van der Waals surface area contributed by atoms with E-state index in [1.54, 1.807) is 11.3 Å². The van der Waals surface area contributed by atoms with Crippen LogP contribution in [0, 0.1) is 0 Å². The van der Waals surface area contributed by atoms with Crippen molar-refractivity contribution >= 4 is 16.5 Å². The quantitative estimate of drug-likeness (QED) is 0.567. The van der Waals surface area contributed by atoms with E-state index >= 15 is 0 Å². The number of nitrogen functional groups attached to an aromatic ring is 1. The minimum absolute atomic E-state index is 0.572. The Hall–Kier alpha value is -0.610. The van der Waals surface area contributed by atoms with E-state index in [2.05, 4.69) is 10.7 Å². The lowest BCUT2D eigenvalue weighted by molar-refractivity contribution is -0.421. The summed E-state index contributed by atoms with van der Waals surface area (Å²) < 4.78 is 0. The second-order valence-corrected chi connectivity index (χ2v) is 4.15. The number of nitrogens with zero attached hydrogens (tertiary/aromatic N) is 1. The van der Waals surface area contributed by atoms with Gasteiger partial charge in [-0.1, -0.05) is 0 Å². The second-order valence-electron chi connectivity index (χ2n) is 3.03. The molecule has 0 amide bonds. The van der Waals surface area contributed by atoms with Gasteiger partial charge in [-0.15, -0.1) is 11.3 Å². The zero-order valence-corrected chi connectivity index (χ0v) is 7.16. The highest BCUT2D eigenvalue weighted by atomic mass is 32.1. The Bertz CT molecular complexity index is 269. The van der Waals surface area contributed by atoms with Gasteiger partial charge in [0.1, 0.15) is 0 Å². The second kappa shape index (κ2) is 2.46. The first-order valence-corrected chi connectivity index (χ1v) is 4.64. The van der Waals surface area contributed by atoms with E-state index < -0.39 is 0 Å². The number of thiazole rings is 1. The summed E-state index contributed by atoms with van der Waals surface area (Å²) in [6, 6.07) is 0.572. The van der Waals surface area contributed by atoms with E-state index in [0.717, 1.165) is 19.3 Å². The number of fused-ring (bicyclic) bond motifs is 1. The van der Waals surface area contributed by atoms with Gasteiger partial charge in [-0.05, 0) is 6.42 Å². The van der Waals surface area contributed by atoms with E-state index in [9.17, 15) is 0 Å². The maximum absolute atomic E-state index is 5.59. The number of hydrogen-bond donors (Lipinski definition) is 2. The molecule has 60 valence electrons. The summed E-state index contributed by atoms with van der Waals surface area (Å²) in [7, 11) is 0. The normalized spacial score (nSPS) is 23.2. The molecule has 0 fully saturated rings. The average molecular weight is 170 g/mol. The summed E-state index contributed by atoms with van der Waals surface area (Å²) in [5, 5.41) is 0.712. The lowest BCUT2D eigenvalue weighted by Gasteiger charge is -2.12. The van der Waals surface area contributed by atoms with Crippen LogP contribution < -0.4 is 11.5 Å². The summed E-state index contributed by atoms with van der Waals surface area (Å²) in [5.41, 5.74) is 10.8. The van der Waals surface area contributed by atoms with E-state index in [1.165, 1.54) is 10.6 Å². The predicted molar refractivity (Wildman–Crippen MR) is 45.2 cm³/mol. The summed E-state index contributed by atoms with van der Waals surface area (Å²) in [6.07, 6.45) is 3.30. The van der Waals surface area contributed by atoms with Crippen LogP contribution in [0.1, 0.15) is 17.0 Å². The van der Waals surface area contributed by atoms with Gasteiger partial charge in [0.05, 0.1) is 11.7 Å². The molecule has 1 aliphatic carbocycles. The SMILES string of the molecule is Nc1nc2c(s1)C[C@H]([NH3+])CC2. The summed E-state index contributed by atoms with van der Waals surface area (Å²) in [5.74, 6) is 0. The van der Waals surface area contributed by atoms with Crippen molar-refractivity contribution in [2.75, 3.05) is 5.73 Å². The highest BCUT2D eigenvalue weighted by molar-refractivity contribution is 7.15. The van der Waals surface area contributed by atoms with E-state index in [1.807, 2.05) is 0 Å². The lowest BCUT2D eigenvalue weighted by Crippen LogP contribution is -2.62. The summed E-state index contributed by atoms with van der Waals surface area (Å²) in [4.78, 5) is 5.61. The minimum Gasteiger partial charge on any atom is -0.375 e. The fourth-order valence-corrected chi connectivity index (χ4v) is 2.46. The van der Waals surface area contributed by atoms with E-state index in [0.29, 0.717) is 11.2 Å². The maximum Gasteiger partial charge on any atom is 0.180 e. The Morgan fingerprint density at radius 1 is 1.64 bits per heavy atom. The van der Waals surface area contributed by atoms with Gasteiger partial charge < -0.3 is 11.5 Å². The third-order valence-electron chi connectivity index (χ3n) is 2.06. The average Bonchev–Trinajstić information content (AvgIpc) is 2.27. The Morgan fingerprint density at radius 2 is 2.45 bits per heavy atom. The largest absolute Gasteiger partial charge is 0.375 e. The Labute approximate surface area is 69.4 Å². The van der Waals surface area contributed by atoms with Crippen LogP contribution in [0.25, 0.3) is 0 Å². The Morgan fingerprint density at radius 3 is 3.27 bits per heavy atom. The van der Waals surface area contributed by atoms with Gasteiger partial charge in [0.2, 0.25) is 0 Å². The molecule has 0 radical (unpaired) electrons. The van der Waals surface area contributed by atoms with Crippen LogP contribution in [-0.4, -0.2) is 11.0 Å². The molecular formula is C7H12N3S+. The van der Waals surface area contributed by atoms with Crippen LogP contribution in [0.2, 0.25) is 0 Å². The summed E-state index contributed by atoms with van der Waals surface area (Å²) >= 11 is 1.62. The molecule has 0 aromatic carbocycles. The summed E-state index contributed by atoms with van der Waals surface area (Å²) in [6.45, 7) is 0. The fraction of sp³-hybridized carbons (Fsp3) is 0.571. The molecule has 2 rings (SSSR count). The molecule has 3 nitrogen and oxygen atoms in total. The van der Waals surface area contributed by atoms with Crippen molar-refractivity contribution in [1.29, 1.82) is 0 Å². The first-order chi connectivity index (χ1) is 5.25. The molecule has 0 spiro atoms. The molecule has 0 saturated heterocycles. The van der Waals surface area contributed by atoms with Crippen LogP contribution in [0.3, 0.4) is 0 Å². The number of aromatic nitrogens is 1. The first-order valence-electron chi connectivity index (χ1n) is 3.83. The molecule has 1 heterocycles. The zero-order valence-electron chi connectivity index (χ0n) is 6.34. The number of quaternary nitrogens is 1. The monoisotopic (exact) mass is 170 g/mol. The van der Waals surface area contributed by atoms with Crippen LogP contribution in [0.5, 0.6) is 0 Å². The van der Waals surface area contributed by atoms with E-state index in [4.69, 9.17) is 5.73 Å². The molecule has 1 atom stereocenters. The van der Waals surface area contributed by atoms with Gasteiger partial charge >= 0.3 is 0 Å². The smallest absolute Gasteiger partial charge is 0.180 e. The molecule has 0 saturated carbocycles. The highest BCUT2D eigenvalue weighted by Crippen LogP contribution is 2.26. The van der Waals surface area contributed by atoms with Gasteiger partial charge in [-0.25, -0.2) is 4.98 Å². The van der Waals surface area contributed by atoms with Crippen molar-refractivity contribution < 1.29 is 5.73 Å². The number of aryl methyl sites for hydroxylation is 1. The Kier molecular flexibility index (Phi) is 1.58. The molecule has 0 unspecified atom stereocenters. The van der Waals surface area contributed by atoms with Crippen molar-refractivity contribution in [3.8, 4) is 0 Å². The maximum atomic E-state index is 5.59. The molecule has 5 N–H and O–H groups in total. The van der Waals surface area contributed by atoms with Crippen LogP contribution >= 0.6 is 11.3 Å². The van der Waals surface area contributed by atoms with E-state index in [-0.39, 0.29) is 0 Å². The fourth-order valence-electron chi connectivity index (χ4n) is 1.46. The molecule has 0 bridgehead atoms. The highest BCUT2D eigenvalue weighted by Gasteiger charge is 2.20. The number of rotatable bonds is 0. The van der Waals surface area contributed by atoms with Crippen molar-refractivity contribution in [2.24, 2.45) is 0 Å². The number of anilines is 1. The molecule has 1 aromatic rings. The van der Waals surface area contributed by atoms with Crippen molar-refractivity contribution in [3.63, 3.8) is 0 Å². The van der Waals surface area contributed by atoms with Crippen LogP contribution in [0.4, 0.5) is 5.13 Å². The molecule has 11 heavy (non-hydrogen) atoms. The van der Waals surface area contributed by atoms with Crippen LogP contribution in [-0.2, 0) is 12.8 Å². The molecule has 0 aliphatic heterocycles.